The Morgan fingerprint density at radius 3 is 2.32 bits per heavy atom. The first-order chi connectivity index (χ1) is 11.9. The molecular formula is C18H14Cl2FNO3. The molecule has 0 saturated heterocycles. The van der Waals surface area contributed by atoms with E-state index in [-0.39, 0.29) is 10.7 Å². The summed E-state index contributed by atoms with van der Waals surface area (Å²) in [6, 6.07) is 10.8. The molecule has 1 N–H and O–H groups in total. The number of ether oxygens (including phenoxy) is 1. The van der Waals surface area contributed by atoms with Crippen molar-refractivity contribution in [2.45, 2.75) is 18.3 Å². The van der Waals surface area contributed by atoms with Crippen molar-refractivity contribution in [3.63, 3.8) is 0 Å². The van der Waals surface area contributed by atoms with Gasteiger partial charge in [0, 0.05) is 10.0 Å². The molecule has 1 aliphatic rings. The molecule has 1 aliphatic carbocycles. The summed E-state index contributed by atoms with van der Waals surface area (Å²) in [7, 11) is 0. The molecule has 3 rings (SSSR count). The summed E-state index contributed by atoms with van der Waals surface area (Å²) in [6.07, 6.45) is 1.31. The molecule has 0 aromatic heterocycles. The average molecular weight is 382 g/mol. The highest BCUT2D eigenvalue weighted by molar-refractivity contribution is 6.30. The molecule has 0 heterocycles. The van der Waals surface area contributed by atoms with E-state index in [1.807, 2.05) is 0 Å². The van der Waals surface area contributed by atoms with Crippen molar-refractivity contribution in [3.8, 4) is 0 Å². The van der Waals surface area contributed by atoms with E-state index >= 15 is 0 Å². The summed E-state index contributed by atoms with van der Waals surface area (Å²) in [5.74, 6) is -1.75. The van der Waals surface area contributed by atoms with Gasteiger partial charge in [0.15, 0.2) is 6.61 Å². The number of esters is 1. The molecule has 1 amide bonds. The number of nitrogens with one attached hydrogen (secondary N) is 1. The summed E-state index contributed by atoms with van der Waals surface area (Å²) >= 11 is 11.5. The summed E-state index contributed by atoms with van der Waals surface area (Å²) in [5.41, 5.74) is 0.0754. The molecule has 1 fully saturated rings. The highest BCUT2D eigenvalue weighted by Gasteiger charge is 2.52. The number of carbonyl (C=O) groups excluding carboxylic acids is 2. The van der Waals surface area contributed by atoms with Gasteiger partial charge in [0.05, 0.1) is 11.1 Å². The van der Waals surface area contributed by atoms with Gasteiger partial charge < -0.3 is 10.1 Å². The topological polar surface area (TPSA) is 55.4 Å². The van der Waals surface area contributed by atoms with Gasteiger partial charge in [-0.1, -0.05) is 35.3 Å². The van der Waals surface area contributed by atoms with Crippen LogP contribution in [0.5, 0.6) is 0 Å². The van der Waals surface area contributed by atoms with Gasteiger partial charge in [-0.3, -0.25) is 9.59 Å². The molecule has 7 heteroatoms. The molecule has 130 valence electrons. The normalized spacial score (nSPS) is 14.7. The van der Waals surface area contributed by atoms with Crippen LogP contribution < -0.4 is 5.32 Å². The summed E-state index contributed by atoms with van der Waals surface area (Å²) < 4.78 is 18.8. The summed E-state index contributed by atoms with van der Waals surface area (Å²) in [4.78, 5) is 24.2. The minimum absolute atomic E-state index is 0.0238. The summed E-state index contributed by atoms with van der Waals surface area (Å²) in [6.45, 7) is -0.490. The number of rotatable bonds is 5. The van der Waals surface area contributed by atoms with Crippen LogP contribution in [0.25, 0.3) is 0 Å². The second-order valence-electron chi connectivity index (χ2n) is 5.84. The predicted octanol–water partition coefficient (Wildman–Crippen LogP) is 4.35. The third-order valence-corrected chi connectivity index (χ3v) is 4.56. The standard InChI is InChI=1S/C18H14Cl2FNO3/c19-12-3-1-11(2-4-12)18(7-8-18)17(24)25-10-16(23)22-15-6-5-13(20)9-14(15)21/h1-6,9H,7-8,10H2,(H,22,23). The Bertz CT molecular complexity index is 820. The minimum Gasteiger partial charge on any atom is -0.455 e. The lowest BCUT2D eigenvalue weighted by molar-refractivity contribution is -0.150. The Morgan fingerprint density at radius 2 is 1.72 bits per heavy atom. The Balaban J connectivity index is 1.58. The second kappa shape index (κ2) is 7.02. The van der Waals surface area contributed by atoms with Crippen molar-refractivity contribution in [2.24, 2.45) is 0 Å². The van der Waals surface area contributed by atoms with Gasteiger partial charge in [0.25, 0.3) is 5.91 Å². The first-order valence-electron chi connectivity index (χ1n) is 7.59. The molecule has 25 heavy (non-hydrogen) atoms. The third-order valence-electron chi connectivity index (χ3n) is 4.08. The lowest BCUT2D eigenvalue weighted by Gasteiger charge is -2.15. The zero-order chi connectivity index (χ0) is 18.0. The number of benzene rings is 2. The van der Waals surface area contributed by atoms with Crippen LogP contribution in [0.4, 0.5) is 10.1 Å². The van der Waals surface area contributed by atoms with E-state index in [1.165, 1.54) is 12.1 Å². The molecule has 0 spiro atoms. The number of amides is 1. The molecule has 2 aromatic rings. The number of carbonyl (C=O) groups is 2. The van der Waals surface area contributed by atoms with Gasteiger partial charge in [-0.2, -0.15) is 0 Å². The predicted molar refractivity (Wildman–Crippen MR) is 93.4 cm³/mol. The number of anilines is 1. The quantitative estimate of drug-likeness (QED) is 0.783. The Kier molecular flexibility index (Phi) is 4.97. The van der Waals surface area contributed by atoms with E-state index in [1.54, 1.807) is 24.3 Å². The second-order valence-corrected chi connectivity index (χ2v) is 6.71. The van der Waals surface area contributed by atoms with Crippen molar-refractivity contribution >= 4 is 40.8 Å². The molecule has 0 radical (unpaired) electrons. The highest BCUT2D eigenvalue weighted by atomic mass is 35.5. The highest BCUT2D eigenvalue weighted by Crippen LogP contribution is 2.49. The minimum atomic E-state index is -0.712. The van der Waals surface area contributed by atoms with Crippen LogP contribution in [0.15, 0.2) is 42.5 Å². The van der Waals surface area contributed by atoms with E-state index in [0.717, 1.165) is 11.6 Å². The number of halogens is 3. The van der Waals surface area contributed by atoms with Crippen LogP contribution in [0.1, 0.15) is 18.4 Å². The fourth-order valence-corrected chi connectivity index (χ4v) is 2.84. The van der Waals surface area contributed by atoms with E-state index in [2.05, 4.69) is 5.32 Å². The van der Waals surface area contributed by atoms with Crippen LogP contribution in [-0.4, -0.2) is 18.5 Å². The average Bonchev–Trinajstić information content (AvgIpc) is 3.38. The third kappa shape index (κ3) is 3.94. The SMILES string of the molecule is O=C(COC(=O)C1(c2ccc(Cl)cc2)CC1)Nc1ccc(Cl)cc1F. The Labute approximate surface area is 153 Å². The Morgan fingerprint density at radius 1 is 1.08 bits per heavy atom. The van der Waals surface area contributed by atoms with E-state index in [4.69, 9.17) is 27.9 Å². The van der Waals surface area contributed by atoms with Gasteiger partial charge in [0.1, 0.15) is 5.82 Å². The fraction of sp³-hybridized carbons (Fsp3) is 0.222. The van der Waals surface area contributed by atoms with Gasteiger partial charge >= 0.3 is 5.97 Å². The lowest BCUT2D eigenvalue weighted by Crippen LogP contribution is -2.28. The van der Waals surface area contributed by atoms with Gasteiger partial charge in [-0.05, 0) is 48.7 Å². The van der Waals surface area contributed by atoms with Crippen LogP contribution in [0, 0.1) is 5.82 Å². The fourth-order valence-electron chi connectivity index (χ4n) is 2.55. The van der Waals surface area contributed by atoms with Crippen molar-refractivity contribution in [1.29, 1.82) is 0 Å². The van der Waals surface area contributed by atoms with Crippen LogP contribution in [0.2, 0.25) is 10.0 Å². The zero-order valence-electron chi connectivity index (χ0n) is 13.0. The van der Waals surface area contributed by atoms with Crippen LogP contribution in [0.3, 0.4) is 0 Å². The van der Waals surface area contributed by atoms with Gasteiger partial charge in [-0.25, -0.2) is 4.39 Å². The van der Waals surface area contributed by atoms with E-state index < -0.39 is 29.7 Å². The van der Waals surface area contributed by atoms with Crippen molar-refractivity contribution in [3.05, 3.63) is 63.9 Å². The first-order valence-corrected chi connectivity index (χ1v) is 8.34. The molecule has 0 aliphatic heterocycles. The molecular weight excluding hydrogens is 368 g/mol. The van der Waals surface area contributed by atoms with Crippen LogP contribution in [-0.2, 0) is 19.7 Å². The van der Waals surface area contributed by atoms with Gasteiger partial charge in [-0.15, -0.1) is 0 Å². The smallest absolute Gasteiger partial charge is 0.317 e. The molecule has 4 nitrogen and oxygen atoms in total. The Hall–Kier alpha value is -2.11. The molecule has 0 unspecified atom stereocenters. The number of hydrogen-bond acceptors (Lipinski definition) is 3. The monoisotopic (exact) mass is 381 g/mol. The molecule has 0 bridgehead atoms. The van der Waals surface area contributed by atoms with Crippen molar-refractivity contribution in [1.82, 2.24) is 0 Å². The summed E-state index contributed by atoms with van der Waals surface area (Å²) in [5, 5.41) is 3.15. The maximum atomic E-state index is 13.6. The zero-order valence-corrected chi connectivity index (χ0v) is 14.5. The molecule has 1 saturated carbocycles. The van der Waals surface area contributed by atoms with Crippen molar-refractivity contribution < 1.29 is 18.7 Å². The maximum absolute atomic E-state index is 13.6. The van der Waals surface area contributed by atoms with E-state index in [9.17, 15) is 14.0 Å². The van der Waals surface area contributed by atoms with Crippen molar-refractivity contribution in [2.75, 3.05) is 11.9 Å². The van der Waals surface area contributed by atoms with Gasteiger partial charge in [0.2, 0.25) is 0 Å². The molecule has 2 aromatic carbocycles. The van der Waals surface area contributed by atoms with Crippen LogP contribution >= 0.6 is 23.2 Å². The maximum Gasteiger partial charge on any atom is 0.317 e. The molecule has 0 atom stereocenters. The lowest BCUT2D eigenvalue weighted by atomic mass is 9.96. The largest absolute Gasteiger partial charge is 0.455 e. The van der Waals surface area contributed by atoms with E-state index in [0.29, 0.717) is 17.9 Å². The first kappa shape index (κ1) is 17.7. The number of hydrogen-bond donors (Lipinski definition) is 1.